The van der Waals surface area contributed by atoms with Crippen LogP contribution in [0.3, 0.4) is 0 Å². The number of carbonyl (C=O) groups excluding carboxylic acids is 3. The van der Waals surface area contributed by atoms with Gasteiger partial charge in [-0.05, 0) is 45.4 Å². The molecule has 2 aromatic carbocycles. The highest BCUT2D eigenvalue weighted by Crippen LogP contribution is 2.42. The third kappa shape index (κ3) is 6.22. The minimum absolute atomic E-state index is 0.122. The van der Waals surface area contributed by atoms with Gasteiger partial charge in [0, 0.05) is 31.0 Å². The number of carbonyl (C=O) groups is 3. The van der Waals surface area contributed by atoms with Gasteiger partial charge in [0.05, 0.1) is 18.7 Å². The van der Waals surface area contributed by atoms with Crippen molar-refractivity contribution in [3.63, 3.8) is 0 Å². The van der Waals surface area contributed by atoms with Crippen molar-refractivity contribution in [2.45, 2.75) is 52.4 Å². The first-order chi connectivity index (χ1) is 17.3. The summed E-state index contributed by atoms with van der Waals surface area (Å²) < 4.78 is 11.4. The molecule has 0 bridgehead atoms. The SMILES string of the molecule is CCCNC(=O)CC1(NC(=O)Nc2ccc(C)cc2)C(=O)N(CC(OCC)OCC)c2ccccc21. The van der Waals surface area contributed by atoms with E-state index < -0.39 is 23.8 Å². The minimum atomic E-state index is -1.59. The van der Waals surface area contributed by atoms with Crippen LogP contribution in [0.25, 0.3) is 0 Å². The summed E-state index contributed by atoms with van der Waals surface area (Å²) in [5, 5.41) is 8.47. The molecular formula is C27H36N4O5. The van der Waals surface area contributed by atoms with E-state index >= 15 is 0 Å². The van der Waals surface area contributed by atoms with Gasteiger partial charge in [-0.1, -0.05) is 42.8 Å². The molecule has 1 atom stereocenters. The van der Waals surface area contributed by atoms with E-state index in [2.05, 4.69) is 16.0 Å². The molecule has 0 radical (unpaired) electrons. The molecule has 194 valence electrons. The van der Waals surface area contributed by atoms with Crippen molar-refractivity contribution in [2.75, 3.05) is 36.5 Å². The van der Waals surface area contributed by atoms with Gasteiger partial charge in [0.2, 0.25) is 5.91 Å². The summed E-state index contributed by atoms with van der Waals surface area (Å²) in [6.45, 7) is 9.03. The lowest BCUT2D eigenvalue weighted by Crippen LogP contribution is -2.57. The van der Waals surface area contributed by atoms with Gasteiger partial charge in [-0.3, -0.25) is 9.59 Å². The van der Waals surface area contributed by atoms with Gasteiger partial charge in [-0.15, -0.1) is 0 Å². The molecule has 3 N–H and O–H groups in total. The van der Waals surface area contributed by atoms with Crippen molar-refractivity contribution in [3.8, 4) is 0 Å². The predicted molar refractivity (Wildman–Crippen MR) is 139 cm³/mol. The molecule has 1 heterocycles. The standard InChI is InChI=1S/C27H36N4O5/c1-5-16-28-23(32)17-27(30-26(34)29-20-14-12-19(4)13-15-20)21-10-8-9-11-22(21)31(25(27)33)18-24(35-6-2)36-7-3/h8-15,24H,5-7,16-18H2,1-4H3,(H,28,32)(H2,29,30,34). The van der Waals surface area contributed by atoms with Crippen LogP contribution in [0.4, 0.5) is 16.2 Å². The van der Waals surface area contributed by atoms with Gasteiger partial charge in [0.1, 0.15) is 0 Å². The molecule has 4 amide bonds. The van der Waals surface area contributed by atoms with Gasteiger partial charge < -0.3 is 30.3 Å². The van der Waals surface area contributed by atoms with Crippen molar-refractivity contribution >= 4 is 29.2 Å². The number of rotatable bonds is 12. The molecule has 0 saturated heterocycles. The zero-order valence-corrected chi connectivity index (χ0v) is 21.4. The average Bonchev–Trinajstić information content (AvgIpc) is 3.07. The first kappa shape index (κ1) is 27.2. The molecule has 1 aliphatic rings. The maximum absolute atomic E-state index is 14.1. The molecule has 2 aromatic rings. The molecule has 0 spiro atoms. The van der Waals surface area contributed by atoms with E-state index in [1.54, 1.807) is 30.3 Å². The van der Waals surface area contributed by atoms with Gasteiger partial charge >= 0.3 is 6.03 Å². The van der Waals surface area contributed by atoms with E-state index in [0.29, 0.717) is 36.7 Å². The van der Waals surface area contributed by atoms with E-state index in [1.807, 2.05) is 45.9 Å². The lowest BCUT2D eigenvalue weighted by atomic mass is 9.87. The van der Waals surface area contributed by atoms with E-state index in [-0.39, 0.29) is 18.9 Å². The lowest BCUT2D eigenvalue weighted by Gasteiger charge is -2.30. The predicted octanol–water partition coefficient (Wildman–Crippen LogP) is 3.67. The van der Waals surface area contributed by atoms with Crippen LogP contribution >= 0.6 is 0 Å². The fourth-order valence-corrected chi connectivity index (χ4v) is 4.28. The smallest absolute Gasteiger partial charge is 0.320 e. The number of amides is 4. The highest BCUT2D eigenvalue weighted by atomic mass is 16.7. The van der Waals surface area contributed by atoms with Gasteiger partial charge in [-0.2, -0.15) is 0 Å². The highest BCUT2D eigenvalue weighted by Gasteiger charge is 2.53. The van der Waals surface area contributed by atoms with Crippen LogP contribution in [0.1, 0.15) is 44.7 Å². The molecule has 0 saturated carbocycles. The number of hydrogen-bond acceptors (Lipinski definition) is 5. The number of ether oxygens (including phenoxy) is 2. The van der Waals surface area contributed by atoms with Crippen LogP contribution in [-0.2, 0) is 24.6 Å². The molecule has 0 aliphatic carbocycles. The Bertz CT molecular complexity index is 1050. The molecule has 9 heteroatoms. The van der Waals surface area contributed by atoms with Gasteiger partial charge in [-0.25, -0.2) is 4.79 Å². The summed E-state index contributed by atoms with van der Waals surface area (Å²) in [5.41, 5.74) is 1.19. The Morgan fingerprint density at radius 3 is 2.31 bits per heavy atom. The van der Waals surface area contributed by atoms with Crippen molar-refractivity contribution < 1.29 is 23.9 Å². The lowest BCUT2D eigenvalue weighted by molar-refractivity contribution is -0.138. The summed E-state index contributed by atoms with van der Waals surface area (Å²) in [6.07, 6.45) is -0.140. The van der Waals surface area contributed by atoms with E-state index in [0.717, 1.165) is 12.0 Å². The van der Waals surface area contributed by atoms with Crippen LogP contribution in [0.2, 0.25) is 0 Å². The van der Waals surface area contributed by atoms with Crippen LogP contribution in [0, 0.1) is 6.92 Å². The number of aryl methyl sites for hydroxylation is 1. The molecule has 3 rings (SSSR count). The Labute approximate surface area is 212 Å². The first-order valence-corrected chi connectivity index (χ1v) is 12.4. The van der Waals surface area contributed by atoms with Crippen molar-refractivity contribution in [2.24, 2.45) is 0 Å². The van der Waals surface area contributed by atoms with E-state index in [4.69, 9.17) is 9.47 Å². The summed E-state index contributed by atoms with van der Waals surface area (Å²) in [5.74, 6) is -0.748. The normalized spacial score (nSPS) is 16.7. The Morgan fingerprint density at radius 2 is 1.67 bits per heavy atom. The molecule has 1 unspecified atom stereocenters. The second-order valence-electron chi connectivity index (χ2n) is 8.65. The average molecular weight is 497 g/mol. The number of benzene rings is 2. The van der Waals surface area contributed by atoms with Gasteiger partial charge in [0.15, 0.2) is 11.8 Å². The van der Waals surface area contributed by atoms with E-state index in [9.17, 15) is 14.4 Å². The zero-order chi connectivity index (χ0) is 26.1. The fourth-order valence-electron chi connectivity index (χ4n) is 4.28. The number of urea groups is 1. The zero-order valence-electron chi connectivity index (χ0n) is 21.4. The Balaban J connectivity index is 1.97. The Morgan fingerprint density at radius 1 is 1.00 bits per heavy atom. The maximum Gasteiger partial charge on any atom is 0.320 e. The number of hydrogen-bond donors (Lipinski definition) is 3. The summed E-state index contributed by atoms with van der Waals surface area (Å²) in [7, 11) is 0. The number of nitrogens with one attached hydrogen (secondary N) is 3. The summed E-state index contributed by atoms with van der Waals surface area (Å²) in [6, 6.07) is 13.9. The third-order valence-electron chi connectivity index (χ3n) is 5.94. The largest absolute Gasteiger partial charge is 0.356 e. The highest BCUT2D eigenvalue weighted by molar-refractivity contribution is 6.12. The number of fused-ring (bicyclic) bond motifs is 1. The maximum atomic E-state index is 14.1. The minimum Gasteiger partial charge on any atom is -0.356 e. The molecule has 0 aromatic heterocycles. The molecule has 36 heavy (non-hydrogen) atoms. The van der Waals surface area contributed by atoms with Gasteiger partial charge in [0.25, 0.3) is 5.91 Å². The summed E-state index contributed by atoms with van der Waals surface area (Å²) >= 11 is 0. The Kier molecular flexibility index (Phi) is 9.44. The van der Waals surface area contributed by atoms with Crippen LogP contribution in [0.15, 0.2) is 48.5 Å². The number of anilines is 2. The van der Waals surface area contributed by atoms with Crippen LogP contribution in [0.5, 0.6) is 0 Å². The van der Waals surface area contributed by atoms with E-state index in [1.165, 1.54) is 4.90 Å². The van der Waals surface area contributed by atoms with Crippen molar-refractivity contribution in [3.05, 3.63) is 59.7 Å². The molecule has 9 nitrogen and oxygen atoms in total. The quantitative estimate of drug-likeness (QED) is 0.389. The van der Waals surface area contributed by atoms with Crippen LogP contribution in [-0.4, -0.2) is 50.4 Å². The number of nitrogens with zero attached hydrogens (tertiary/aromatic N) is 1. The molecule has 0 fully saturated rings. The van der Waals surface area contributed by atoms with Crippen LogP contribution < -0.4 is 20.9 Å². The Hall–Kier alpha value is -3.43. The molecule has 1 aliphatic heterocycles. The first-order valence-electron chi connectivity index (χ1n) is 12.4. The van der Waals surface area contributed by atoms with Crippen molar-refractivity contribution in [1.29, 1.82) is 0 Å². The number of para-hydroxylation sites is 1. The molecular weight excluding hydrogens is 460 g/mol. The van der Waals surface area contributed by atoms with Crippen molar-refractivity contribution in [1.82, 2.24) is 10.6 Å². The second kappa shape index (κ2) is 12.5. The topological polar surface area (TPSA) is 109 Å². The third-order valence-corrected chi connectivity index (χ3v) is 5.94. The summed E-state index contributed by atoms with van der Waals surface area (Å²) in [4.78, 5) is 41.7. The second-order valence-corrected chi connectivity index (χ2v) is 8.65. The monoisotopic (exact) mass is 496 g/mol. The fraction of sp³-hybridized carbons (Fsp3) is 0.444.